The normalized spacial score (nSPS) is 13.0. The molecule has 1 heterocycles. The Bertz CT molecular complexity index is 1270. The van der Waals surface area contributed by atoms with Crippen LogP contribution in [0.3, 0.4) is 0 Å². The molecule has 0 amide bonds. The van der Waals surface area contributed by atoms with Gasteiger partial charge in [0.05, 0.1) is 22.1 Å². The number of non-ortho nitro benzene ring substituents is 1. The molecule has 0 N–H and O–H groups in total. The molecule has 33 heavy (non-hydrogen) atoms. The molecule has 0 saturated heterocycles. The number of rotatable bonds is 7. The molecule has 1 aliphatic heterocycles. The monoisotopic (exact) mass is 470 g/mol. The number of hydrogen-bond donors (Lipinski definition) is 0. The molecule has 10 heteroatoms. The number of nitro groups is 1. The highest BCUT2D eigenvalue weighted by molar-refractivity contribution is 7.92. The van der Waals surface area contributed by atoms with Crippen LogP contribution in [0.2, 0.25) is 0 Å². The summed E-state index contributed by atoms with van der Waals surface area (Å²) in [5, 5.41) is 11.2. The lowest BCUT2D eigenvalue weighted by Gasteiger charge is -2.21. The Morgan fingerprint density at radius 2 is 1.79 bits per heavy atom. The summed E-state index contributed by atoms with van der Waals surface area (Å²) in [6.45, 7) is 2.22. The van der Waals surface area contributed by atoms with Gasteiger partial charge < -0.3 is 14.2 Å². The van der Waals surface area contributed by atoms with Crippen molar-refractivity contribution in [2.24, 2.45) is 0 Å². The van der Waals surface area contributed by atoms with E-state index in [1.807, 2.05) is 6.92 Å². The zero-order chi connectivity index (χ0) is 23.6. The van der Waals surface area contributed by atoms with Gasteiger partial charge in [0.15, 0.2) is 6.79 Å². The van der Waals surface area contributed by atoms with Crippen LogP contribution in [0.15, 0.2) is 65.6 Å². The number of nitrogens with zero attached hydrogens (tertiary/aromatic N) is 2. The van der Waals surface area contributed by atoms with Gasteiger partial charge in [-0.15, -0.1) is 0 Å². The highest BCUT2D eigenvalue weighted by Crippen LogP contribution is 2.33. The van der Waals surface area contributed by atoms with Crippen LogP contribution < -0.4 is 13.8 Å². The van der Waals surface area contributed by atoms with Gasteiger partial charge in [0, 0.05) is 30.3 Å². The fourth-order valence-electron chi connectivity index (χ4n) is 3.41. The molecule has 0 aromatic heterocycles. The van der Waals surface area contributed by atoms with Crippen molar-refractivity contribution in [2.45, 2.75) is 25.0 Å². The molecule has 172 valence electrons. The van der Waals surface area contributed by atoms with E-state index in [-0.39, 0.29) is 30.6 Å². The standard InChI is InChI=1S/C23H22N2O7S/c1-16-3-9-22(10-4-16)33(28,29)24(2)19-5-7-21(8-6-19)31-14-18-12-20(25(26)27)11-17-13-30-15-32-23(17)18/h3-12H,13-15H2,1-2H3. The summed E-state index contributed by atoms with van der Waals surface area (Å²) in [5.74, 6) is 1.000. The summed E-state index contributed by atoms with van der Waals surface area (Å²) in [4.78, 5) is 11.0. The van der Waals surface area contributed by atoms with Gasteiger partial charge in [0.25, 0.3) is 15.7 Å². The van der Waals surface area contributed by atoms with Crippen molar-refractivity contribution in [2.75, 3.05) is 18.1 Å². The highest BCUT2D eigenvalue weighted by atomic mass is 32.2. The second-order valence-corrected chi connectivity index (χ2v) is 9.50. The van der Waals surface area contributed by atoms with Crippen molar-refractivity contribution in [3.05, 3.63) is 87.5 Å². The summed E-state index contributed by atoms with van der Waals surface area (Å²) in [7, 11) is -2.21. The Hall–Kier alpha value is -3.63. The Morgan fingerprint density at radius 1 is 1.09 bits per heavy atom. The molecule has 3 aromatic carbocycles. The largest absolute Gasteiger partial charge is 0.489 e. The van der Waals surface area contributed by atoms with E-state index in [0.29, 0.717) is 28.3 Å². The average molecular weight is 471 g/mol. The van der Waals surface area contributed by atoms with E-state index in [9.17, 15) is 18.5 Å². The molecule has 3 aromatic rings. The van der Waals surface area contributed by atoms with Gasteiger partial charge in [0.2, 0.25) is 0 Å². The van der Waals surface area contributed by atoms with Crippen LogP contribution in [-0.2, 0) is 28.0 Å². The molecule has 0 fully saturated rings. The van der Waals surface area contributed by atoms with Gasteiger partial charge in [0.1, 0.15) is 18.1 Å². The van der Waals surface area contributed by atoms with Crippen molar-refractivity contribution >= 4 is 21.4 Å². The van der Waals surface area contributed by atoms with E-state index in [4.69, 9.17) is 14.2 Å². The van der Waals surface area contributed by atoms with Crippen molar-refractivity contribution in [3.63, 3.8) is 0 Å². The van der Waals surface area contributed by atoms with Crippen LogP contribution in [0.4, 0.5) is 11.4 Å². The summed E-state index contributed by atoms with van der Waals surface area (Å²) in [6, 6.07) is 16.0. The fourth-order valence-corrected chi connectivity index (χ4v) is 4.61. The van der Waals surface area contributed by atoms with Crippen molar-refractivity contribution in [1.82, 2.24) is 0 Å². The van der Waals surface area contributed by atoms with Gasteiger partial charge in [-0.25, -0.2) is 8.42 Å². The number of benzene rings is 3. The summed E-state index contributed by atoms with van der Waals surface area (Å²) >= 11 is 0. The van der Waals surface area contributed by atoms with Crippen LogP contribution >= 0.6 is 0 Å². The zero-order valence-electron chi connectivity index (χ0n) is 18.1. The molecule has 9 nitrogen and oxygen atoms in total. The summed E-state index contributed by atoms with van der Waals surface area (Å²) in [6.07, 6.45) is 0. The number of hydrogen-bond acceptors (Lipinski definition) is 7. The third-order valence-electron chi connectivity index (χ3n) is 5.26. The topological polar surface area (TPSA) is 108 Å². The van der Waals surface area contributed by atoms with Crippen molar-refractivity contribution < 1.29 is 27.6 Å². The van der Waals surface area contributed by atoms with Crippen LogP contribution in [0.25, 0.3) is 0 Å². The SMILES string of the molecule is Cc1ccc(S(=O)(=O)N(C)c2ccc(OCc3cc([N+](=O)[O-])cc4c3OCOC4)cc2)cc1. The third kappa shape index (κ3) is 4.76. The van der Waals surface area contributed by atoms with Gasteiger partial charge in [-0.1, -0.05) is 17.7 Å². The molecule has 0 saturated carbocycles. The van der Waals surface area contributed by atoms with Crippen LogP contribution in [-0.4, -0.2) is 27.2 Å². The smallest absolute Gasteiger partial charge is 0.270 e. The van der Waals surface area contributed by atoms with E-state index < -0.39 is 14.9 Å². The molecular weight excluding hydrogens is 448 g/mol. The van der Waals surface area contributed by atoms with Crippen LogP contribution in [0.1, 0.15) is 16.7 Å². The molecule has 0 unspecified atom stereocenters. The maximum atomic E-state index is 12.9. The first-order valence-electron chi connectivity index (χ1n) is 10.0. The molecule has 1 aliphatic rings. The molecule has 0 atom stereocenters. The maximum Gasteiger partial charge on any atom is 0.270 e. The molecule has 0 spiro atoms. The summed E-state index contributed by atoms with van der Waals surface area (Å²) in [5.41, 5.74) is 2.50. The van der Waals surface area contributed by atoms with E-state index >= 15 is 0 Å². The minimum absolute atomic E-state index is 0.0425. The van der Waals surface area contributed by atoms with Gasteiger partial charge in [-0.2, -0.15) is 0 Å². The number of anilines is 1. The number of nitro benzene ring substituents is 1. The van der Waals surface area contributed by atoms with Gasteiger partial charge in [-0.05, 0) is 43.3 Å². The first kappa shape index (κ1) is 22.6. The predicted molar refractivity (Wildman–Crippen MR) is 121 cm³/mol. The number of sulfonamides is 1. The number of aryl methyl sites for hydroxylation is 1. The second-order valence-electron chi connectivity index (χ2n) is 7.53. The summed E-state index contributed by atoms with van der Waals surface area (Å²) < 4.78 is 43.5. The number of ether oxygens (including phenoxy) is 3. The van der Waals surface area contributed by atoms with Crippen LogP contribution in [0, 0.1) is 17.0 Å². The number of fused-ring (bicyclic) bond motifs is 1. The third-order valence-corrected chi connectivity index (χ3v) is 7.06. The molecule has 4 rings (SSSR count). The first-order valence-corrected chi connectivity index (χ1v) is 11.5. The fraction of sp³-hybridized carbons (Fsp3) is 0.217. The Morgan fingerprint density at radius 3 is 2.45 bits per heavy atom. The van der Waals surface area contributed by atoms with E-state index in [0.717, 1.165) is 5.56 Å². The van der Waals surface area contributed by atoms with Crippen molar-refractivity contribution in [1.29, 1.82) is 0 Å². The highest BCUT2D eigenvalue weighted by Gasteiger charge is 2.22. The molecule has 0 aliphatic carbocycles. The molecule has 0 radical (unpaired) electrons. The zero-order valence-corrected chi connectivity index (χ0v) is 18.9. The Balaban J connectivity index is 1.50. The van der Waals surface area contributed by atoms with Gasteiger partial charge >= 0.3 is 0 Å². The van der Waals surface area contributed by atoms with E-state index in [2.05, 4.69) is 0 Å². The lowest BCUT2D eigenvalue weighted by Crippen LogP contribution is -2.26. The maximum absolute atomic E-state index is 12.9. The van der Waals surface area contributed by atoms with Crippen LogP contribution in [0.5, 0.6) is 11.5 Å². The van der Waals surface area contributed by atoms with E-state index in [1.54, 1.807) is 48.5 Å². The molecular formula is C23H22N2O7S. The minimum Gasteiger partial charge on any atom is -0.489 e. The minimum atomic E-state index is -3.70. The Kier molecular flexibility index (Phi) is 6.21. The quantitative estimate of drug-likeness (QED) is 0.377. The lowest BCUT2D eigenvalue weighted by atomic mass is 10.1. The molecule has 0 bridgehead atoms. The average Bonchev–Trinajstić information content (AvgIpc) is 2.82. The van der Waals surface area contributed by atoms with Crippen molar-refractivity contribution in [3.8, 4) is 11.5 Å². The van der Waals surface area contributed by atoms with Gasteiger partial charge in [-0.3, -0.25) is 14.4 Å². The Labute approximate surface area is 191 Å². The first-order chi connectivity index (χ1) is 15.8. The predicted octanol–water partition coefficient (Wildman–Crippen LogP) is 4.17. The lowest BCUT2D eigenvalue weighted by molar-refractivity contribution is -0.385. The second kappa shape index (κ2) is 9.08. The van der Waals surface area contributed by atoms with E-state index in [1.165, 1.54) is 23.5 Å².